The molecule has 80 valence electrons. The Morgan fingerprint density at radius 1 is 0.875 bits per heavy atom. The first-order chi connectivity index (χ1) is 7.84. The summed E-state index contributed by atoms with van der Waals surface area (Å²) in [6.45, 7) is 4.17. The van der Waals surface area contributed by atoms with Gasteiger partial charge in [-0.1, -0.05) is 0 Å². The zero-order valence-electron chi connectivity index (χ0n) is 8.80. The van der Waals surface area contributed by atoms with Gasteiger partial charge < -0.3 is 0 Å². The number of thioether (sulfide) groups is 1. The molecule has 0 amide bonds. The number of hydrogen-bond donors (Lipinski definition) is 0. The van der Waals surface area contributed by atoms with E-state index in [0.29, 0.717) is 0 Å². The van der Waals surface area contributed by atoms with Crippen LogP contribution in [0.1, 0.15) is 0 Å². The second kappa shape index (κ2) is 6.15. The molecule has 16 heavy (non-hydrogen) atoms. The number of benzene rings is 2. The quantitative estimate of drug-likeness (QED) is 0.608. The van der Waals surface area contributed by atoms with Crippen LogP contribution < -0.4 is 3.61 Å². The molecule has 0 atom stereocenters. The van der Waals surface area contributed by atoms with Crippen LogP contribution in [-0.2, 0) is 0 Å². The van der Waals surface area contributed by atoms with Gasteiger partial charge in [-0.2, -0.15) is 0 Å². The van der Waals surface area contributed by atoms with Crippen molar-refractivity contribution in [3.63, 3.8) is 0 Å². The monoisotopic (exact) mass is 342 g/mol. The first-order valence-corrected chi connectivity index (χ1v) is 8.14. The van der Waals surface area contributed by atoms with Crippen molar-refractivity contribution in [2.24, 2.45) is 0 Å². The second-order valence-corrected chi connectivity index (χ2v) is 8.51. The normalized spacial score (nSPS) is 10.0. The van der Waals surface area contributed by atoms with Crippen molar-refractivity contribution in [3.05, 3.63) is 70.2 Å². The fraction of sp³-hybridized carbons (Fsp3) is 0. The molecular formula is C14H12STe. The Morgan fingerprint density at radius 2 is 1.44 bits per heavy atom. The van der Waals surface area contributed by atoms with Gasteiger partial charge in [0.15, 0.2) is 0 Å². The van der Waals surface area contributed by atoms with Crippen LogP contribution in [0, 0.1) is 0 Å². The van der Waals surface area contributed by atoms with Crippen LogP contribution >= 0.6 is 11.8 Å². The van der Waals surface area contributed by atoms with Gasteiger partial charge in [0.25, 0.3) is 0 Å². The van der Waals surface area contributed by atoms with E-state index in [4.69, 9.17) is 0 Å². The summed E-state index contributed by atoms with van der Waals surface area (Å²) >= 11 is 1.52. The first kappa shape index (κ1) is 11.8. The molecule has 0 fully saturated rings. The van der Waals surface area contributed by atoms with Crippen LogP contribution in [-0.4, -0.2) is 20.9 Å². The SMILES string of the molecule is C=C(Sc1ccccc1)[Te]c1ccccc1. The fourth-order valence-electron chi connectivity index (χ4n) is 1.26. The number of rotatable bonds is 4. The third-order valence-corrected chi connectivity index (χ3v) is 6.06. The number of hydrogen-bond acceptors (Lipinski definition) is 1. The molecule has 0 aliphatic heterocycles. The van der Waals surface area contributed by atoms with E-state index in [-0.39, 0.29) is 20.9 Å². The minimum absolute atomic E-state index is 0.280. The summed E-state index contributed by atoms with van der Waals surface area (Å²) in [4.78, 5) is 1.29. The average Bonchev–Trinajstić information content (AvgIpc) is 2.31. The minimum atomic E-state index is -0.280. The van der Waals surface area contributed by atoms with E-state index in [9.17, 15) is 0 Å². The van der Waals surface area contributed by atoms with Crippen LogP contribution in [0.3, 0.4) is 0 Å². The van der Waals surface area contributed by atoms with E-state index in [1.165, 1.54) is 11.5 Å². The summed E-state index contributed by atoms with van der Waals surface area (Å²) in [6, 6.07) is 21.1. The molecule has 0 radical (unpaired) electrons. The van der Waals surface area contributed by atoms with Gasteiger partial charge in [0.1, 0.15) is 0 Å². The van der Waals surface area contributed by atoms with E-state index in [1.807, 2.05) is 6.07 Å². The van der Waals surface area contributed by atoms with E-state index < -0.39 is 0 Å². The molecule has 0 saturated carbocycles. The Balaban J connectivity index is 1.95. The van der Waals surface area contributed by atoms with Gasteiger partial charge in [0.05, 0.1) is 0 Å². The van der Waals surface area contributed by atoms with Gasteiger partial charge >= 0.3 is 111 Å². The average molecular weight is 340 g/mol. The van der Waals surface area contributed by atoms with Crippen molar-refractivity contribution < 1.29 is 0 Å². The summed E-state index contributed by atoms with van der Waals surface area (Å²) in [7, 11) is 0. The maximum atomic E-state index is 4.17. The molecule has 2 heteroatoms. The van der Waals surface area contributed by atoms with Gasteiger partial charge in [-0.05, 0) is 0 Å². The van der Waals surface area contributed by atoms with Crippen LogP contribution in [0.25, 0.3) is 0 Å². The van der Waals surface area contributed by atoms with Crippen molar-refractivity contribution >= 4 is 36.3 Å². The van der Waals surface area contributed by atoms with E-state index in [1.54, 1.807) is 11.8 Å². The summed E-state index contributed by atoms with van der Waals surface area (Å²) in [5.74, 6) is 0. The van der Waals surface area contributed by atoms with Gasteiger partial charge in [-0.3, -0.25) is 0 Å². The third kappa shape index (κ3) is 3.72. The van der Waals surface area contributed by atoms with Gasteiger partial charge in [-0.15, -0.1) is 0 Å². The Morgan fingerprint density at radius 3 is 2.06 bits per heavy atom. The van der Waals surface area contributed by atoms with Crippen LogP contribution in [0.2, 0.25) is 0 Å². The molecule has 0 aromatic heterocycles. The summed E-state index contributed by atoms with van der Waals surface area (Å²) in [5.41, 5.74) is 0. The van der Waals surface area contributed by atoms with Gasteiger partial charge in [-0.25, -0.2) is 0 Å². The molecule has 2 aromatic rings. The molecule has 0 N–H and O–H groups in total. The zero-order valence-corrected chi connectivity index (χ0v) is 11.9. The maximum absolute atomic E-state index is 4.17. The summed E-state index contributed by atoms with van der Waals surface area (Å²) in [5, 5.41) is 0. The third-order valence-electron chi connectivity index (χ3n) is 1.95. The predicted octanol–water partition coefficient (Wildman–Crippen LogP) is 3.28. The molecule has 0 nitrogen and oxygen atoms in total. The second-order valence-electron chi connectivity index (χ2n) is 3.20. The van der Waals surface area contributed by atoms with Crippen molar-refractivity contribution in [2.45, 2.75) is 4.90 Å². The van der Waals surface area contributed by atoms with Crippen LogP contribution in [0.4, 0.5) is 0 Å². The van der Waals surface area contributed by atoms with Crippen molar-refractivity contribution in [2.75, 3.05) is 0 Å². The fourth-order valence-corrected chi connectivity index (χ4v) is 5.27. The molecule has 0 bridgehead atoms. The van der Waals surface area contributed by atoms with Crippen molar-refractivity contribution in [1.29, 1.82) is 0 Å². The van der Waals surface area contributed by atoms with Gasteiger partial charge in [0.2, 0.25) is 0 Å². The van der Waals surface area contributed by atoms with E-state index >= 15 is 0 Å². The molecule has 0 heterocycles. The standard InChI is InChI=1S/C14H12STe/c1-12(15-13-8-4-2-5-9-13)16-14-10-6-3-7-11-14/h2-11H,1H2. The van der Waals surface area contributed by atoms with Crippen molar-refractivity contribution in [3.8, 4) is 0 Å². The van der Waals surface area contributed by atoms with Gasteiger partial charge in [0, 0.05) is 0 Å². The Bertz CT molecular complexity index is 407. The predicted molar refractivity (Wildman–Crippen MR) is 73.3 cm³/mol. The molecule has 0 unspecified atom stereocenters. The molecule has 0 saturated heterocycles. The molecule has 0 aliphatic rings. The van der Waals surface area contributed by atoms with Crippen molar-refractivity contribution in [1.82, 2.24) is 0 Å². The molecule has 0 spiro atoms. The Kier molecular flexibility index (Phi) is 4.54. The van der Waals surface area contributed by atoms with E-state index in [2.05, 4.69) is 61.2 Å². The Labute approximate surface area is 111 Å². The summed E-state index contributed by atoms with van der Waals surface area (Å²) < 4.78 is 2.75. The summed E-state index contributed by atoms with van der Waals surface area (Å²) in [6.07, 6.45) is 0. The molecular weight excluding hydrogens is 328 g/mol. The first-order valence-electron chi connectivity index (χ1n) is 4.99. The molecule has 2 rings (SSSR count). The molecule has 2 aromatic carbocycles. The topological polar surface area (TPSA) is 0 Å². The Hall–Kier alpha value is -0.680. The zero-order chi connectivity index (χ0) is 11.2. The van der Waals surface area contributed by atoms with E-state index in [0.717, 1.165) is 0 Å². The molecule has 0 aliphatic carbocycles. The van der Waals surface area contributed by atoms with Crippen LogP contribution in [0.5, 0.6) is 0 Å². The van der Waals surface area contributed by atoms with Crippen LogP contribution in [0.15, 0.2) is 75.1 Å².